The first-order valence-corrected chi connectivity index (χ1v) is 9.13. The Balaban J connectivity index is 1.81. The molecule has 2 heterocycles. The fourth-order valence-corrected chi connectivity index (χ4v) is 3.65. The zero-order valence-electron chi connectivity index (χ0n) is 15.4. The van der Waals surface area contributed by atoms with Crippen molar-refractivity contribution >= 4 is 36.0 Å². The molecule has 1 aromatic carbocycles. The van der Waals surface area contributed by atoms with Crippen molar-refractivity contribution in [2.24, 2.45) is 5.73 Å². The van der Waals surface area contributed by atoms with Crippen LogP contribution in [0.2, 0.25) is 0 Å². The van der Waals surface area contributed by atoms with Crippen molar-refractivity contribution in [1.29, 1.82) is 0 Å². The van der Waals surface area contributed by atoms with E-state index in [0.29, 0.717) is 25.9 Å². The van der Waals surface area contributed by atoms with Gasteiger partial charge in [-0.25, -0.2) is 0 Å². The molecule has 2 aliphatic rings. The Morgan fingerprint density at radius 1 is 1.04 bits per heavy atom. The average Bonchev–Trinajstić information content (AvgIpc) is 2.93. The number of fused-ring (bicyclic) bond motifs is 1. The lowest BCUT2D eigenvalue weighted by molar-refractivity contribution is -0.122. The lowest BCUT2D eigenvalue weighted by Crippen LogP contribution is -2.47. The molecule has 3 rings (SSSR count). The standard InChI is InChI=1S/C19H22N4O5/c20-17(26)16(2-1-10-24)23-18(27)14-4-3-13(12-15(14)19(23)28)22-7-5-21(6-8-22)9-11-25/h3-4,10-12,16H,1-2,5-9H2,(H2,20,26). The second-order valence-electron chi connectivity index (χ2n) is 6.83. The monoisotopic (exact) mass is 386 g/mol. The Hall–Kier alpha value is -3.07. The zero-order chi connectivity index (χ0) is 20.3. The van der Waals surface area contributed by atoms with Gasteiger partial charge < -0.3 is 20.2 Å². The Morgan fingerprint density at radius 2 is 1.71 bits per heavy atom. The van der Waals surface area contributed by atoms with Gasteiger partial charge in [-0.1, -0.05) is 0 Å². The minimum atomic E-state index is -1.15. The Bertz CT molecular complexity index is 817. The van der Waals surface area contributed by atoms with E-state index in [2.05, 4.69) is 4.90 Å². The van der Waals surface area contributed by atoms with Gasteiger partial charge in [-0.15, -0.1) is 0 Å². The predicted molar refractivity (Wildman–Crippen MR) is 99.9 cm³/mol. The maximum Gasteiger partial charge on any atom is 0.262 e. The third-order valence-electron chi connectivity index (χ3n) is 5.17. The molecule has 9 nitrogen and oxygen atoms in total. The SMILES string of the molecule is NC(=O)C(CCC=O)N1C(=O)c2ccc(N3CCN(CC=O)CC3)cc2C1=O. The molecule has 1 fully saturated rings. The van der Waals surface area contributed by atoms with Crippen molar-refractivity contribution in [2.75, 3.05) is 37.6 Å². The molecule has 0 aromatic heterocycles. The molecule has 0 aliphatic carbocycles. The highest BCUT2D eigenvalue weighted by atomic mass is 16.2. The smallest absolute Gasteiger partial charge is 0.262 e. The number of piperazine rings is 1. The second kappa shape index (κ2) is 8.30. The van der Waals surface area contributed by atoms with E-state index in [-0.39, 0.29) is 24.0 Å². The first-order valence-electron chi connectivity index (χ1n) is 9.13. The summed E-state index contributed by atoms with van der Waals surface area (Å²) in [6, 6.07) is 3.87. The van der Waals surface area contributed by atoms with Gasteiger partial charge >= 0.3 is 0 Å². The molecule has 1 saturated heterocycles. The number of carbonyl (C=O) groups excluding carboxylic acids is 5. The molecular formula is C19H22N4O5. The first kappa shape index (κ1) is 19.7. The van der Waals surface area contributed by atoms with Crippen LogP contribution in [0, 0.1) is 0 Å². The van der Waals surface area contributed by atoms with Crippen LogP contribution in [0.3, 0.4) is 0 Å². The van der Waals surface area contributed by atoms with E-state index >= 15 is 0 Å². The minimum Gasteiger partial charge on any atom is -0.369 e. The maximum atomic E-state index is 12.8. The van der Waals surface area contributed by atoms with Crippen LogP contribution in [-0.4, -0.2) is 78.9 Å². The van der Waals surface area contributed by atoms with Gasteiger partial charge in [0.1, 0.15) is 18.6 Å². The third-order valence-corrected chi connectivity index (χ3v) is 5.17. The molecule has 0 spiro atoms. The quantitative estimate of drug-likeness (QED) is 0.469. The van der Waals surface area contributed by atoms with E-state index in [0.717, 1.165) is 30.0 Å². The van der Waals surface area contributed by atoms with E-state index in [1.165, 1.54) is 0 Å². The fourth-order valence-electron chi connectivity index (χ4n) is 3.65. The summed E-state index contributed by atoms with van der Waals surface area (Å²) >= 11 is 0. The molecule has 1 aromatic rings. The lowest BCUT2D eigenvalue weighted by atomic mass is 10.1. The molecule has 1 unspecified atom stereocenters. The summed E-state index contributed by atoms with van der Waals surface area (Å²) < 4.78 is 0. The van der Waals surface area contributed by atoms with Gasteiger partial charge in [0.25, 0.3) is 11.8 Å². The van der Waals surface area contributed by atoms with E-state index in [9.17, 15) is 24.0 Å². The third kappa shape index (κ3) is 3.65. The Labute approximate surface area is 162 Å². The molecule has 3 amide bonds. The van der Waals surface area contributed by atoms with Crippen molar-refractivity contribution in [3.05, 3.63) is 29.3 Å². The molecule has 2 aliphatic heterocycles. The van der Waals surface area contributed by atoms with Gasteiger partial charge in [-0.3, -0.25) is 24.2 Å². The summed E-state index contributed by atoms with van der Waals surface area (Å²) in [7, 11) is 0. The van der Waals surface area contributed by atoms with Crippen LogP contribution in [0.4, 0.5) is 5.69 Å². The lowest BCUT2D eigenvalue weighted by Gasteiger charge is -2.35. The number of benzene rings is 1. The van der Waals surface area contributed by atoms with Gasteiger partial charge in [0.2, 0.25) is 5.91 Å². The van der Waals surface area contributed by atoms with E-state index in [4.69, 9.17) is 5.73 Å². The number of amides is 3. The summed E-state index contributed by atoms with van der Waals surface area (Å²) in [5.41, 5.74) is 6.62. The van der Waals surface area contributed by atoms with Crippen molar-refractivity contribution in [1.82, 2.24) is 9.80 Å². The van der Waals surface area contributed by atoms with Crippen LogP contribution in [-0.2, 0) is 14.4 Å². The number of imide groups is 1. The number of anilines is 1. The van der Waals surface area contributed by atoms with Gasteiger partial charge in [0.15, 0.2) is 0 Å². The number of carbonyl (C=O) groups is 5. The summed E-state index contributed by atoms with van der Waals surface area (Å²) in [6.45, 7) is 3.24. The molecule has 148 valence electrons. The second-order valence-corrected chi connectivity index (χ2v) is 6.83. The highest BCUT2D eigenvalue weighted by molar-refractivity contribution is 6.23. The number of aldehydes is 2. The first-order chi connectivity index (χ1) is 13.5. The van der Waals surface area contributed by atoms with Crippen LogP contribution < -0.4 is 10.6 Å². The molecule has 1 atom stereocenters. The van der Waals surface area contributed by atoms with Gasteiger partial charge in [-0.05, 0) is 24.6 Å². The number of nitrogens with zero attached hydrogens (tertiary/aromatic N) is 3. The molecule has 2 N–H and O–H groups in total. The Morgan fingerprint density at radius 3 is 2.32 bits per heavy atom. The normalized spacial score (nSPS) is 18.1. The van der Waals surface area contributed by atoms with Crippen LogP contribution in [0.25, 0.3) is 0 Å². The molecule has 0 radical (unpaired) electrons. The number of hydrogen-bond donors (Lipinski definition) is 1. The zero-order valence-corrected chi connectivity index (χ0v) is 15.4. The van der Waals surface area contributed by atoms with Gasteiger partial charge in [-0.2, -0.15) is 0 Å². The van der Waals surface area contributed by atoms with Crippen molar-refractivity contribution < 1.29 is 24.0 Å². The van der Waals surface area contributed by atoms with Crippen LogP contribution in [0.5, 0.6) is 0 Å². The molecule has 0 bridgehead atoms. The maximum absolute atomic E-state index is 12.8. The molecule has 28 heavy (non-hydrogen) atoms. The topological polar surface area (TPSA) is 121 Å². The largest absolute Gasteiger partial charge is 0.369 e. The number of nitrogens with two attached hydrogens (primary N) is 1. The highest BCUT2D eigenvalue weighted by Crippen LogP contribution is 2.30. The number of primary amides is 1. The van der Waals surface area contributed by atoms with E-state index in [1.54, 1.807) is 18.2 Å². The highest BCUT2D eigenvalue weighted by Gasteiger charge is 2.42. The summed E-state index contributed by atoms with van der Waals surface area (Å²) in [4.78, 5) is 63.5. The molecule has 0 saturated carbocycles. The summed E-state index contributed by atoms with van der Waals surface area (Å²) in [5.74, 6) is -1.96. The van der Waals surface area contributed by atoms with Crippen molar-refractivity contribution in [3.8, 4) is 0 Å². The van der Waals surface area contributed by atoms with Crippen molar-refractivity contribution in [3.63, 3.8) is 0 Å². The van der Waals surface area contributed by atoms with E-state index < -0.39 is 23.8 Å². The minimum absolute atomic E-state index is 0.00977. The van der Waals surface area contributed by atoms with E-state index in [1.807, 2.05) is 4.90 Å². The average molecular weight is 386 g/mol. The van der Waals surface area contributed by atoms with Gasteiger partial charge in [0, 0.05) is 38.3 Å². The molecular weight excluding hydrogens is 364 g/mol. The predicted octanol–water partition coefficient (Wildman–Crippen LogP) is -0.563. The summed E-state index contributed by atoms with van der Waals surface area (Å²) in [5, 5.41) is 0. The van der Waals surface area contributed by atoms with Crippen LogP contribution in [0.15, 0.2) is 18.2 Å². The number of rotatable bonds is 8. The molecule has 9 heteroatoms. The fraction of sp³-hybridized carbons (Fsp3) is 0.421. The van der Waals surface area contributed by atoms with Crippen LogP contribution >= 0.6 is 0 Å². The number of hydrogen-bond acceptors (Lipinski definition) is 7. The summed E-state index contributed by atoms with van der Waals surface area (Å²) in [6.07, 6.45) is 1.54. The van der Waals surface area contributed by atoms with Crippen LogP contribution in [0.1, 0.15) is 33.6 Å². The Kier molecular flexibility index (Phi) is 5.84. The van der Waals surface area contributed by atoms with Gasteiger partial charge in [0.05, 0.1) is 17.7 Å². The van der Waals surface area contributed by atoms with Crippen molar-refractivity contribution in [2.45, 2.75) is 18.9 Å².